The second-order valence-corrected chi connectivity index (χ2v) is 15.2. The molecule has 2 aliphatic carbocycles. The lowest BCUT2D eigenvalue weighted by molar-refractivity contribution is 0.785. The van der Waals surface area contributed by atoms with Gasteiger partial charge in [0.25, 0.3) is 0 Å². The summed E-state index contributed by atoms with van der Waals surface area (Å²) in [5.41, 5.74) is 18.2. The van der Waals surface area contributed by atoms with Gasteiger partial charge in [-0.15, -0.1) is 0 Å². The fourth-order valence-electron chi connectivity index (χ4n) is 8.65. The Bertz CT molecular complexity index is 2770. The highest BCUT2D eigenvalue weighted by Crippen LogP contribution is 2.38. The van der Waals surface area contributed by atoms with Gasteiger partial charge in [0.05, 0.1) is 17.3 Å². The van der Waals surface area contributed by atoms with Crippen LogP contribution in [0, 0.1) is 6.92 Å². The van der Waals surface area contributed by atoms with E-state index in [0.29, 0.717) is 0 Å². The highest BCUT2D eigenvalue weighted by atomic mass is 15.2. The second-order valence-electron chi connectivity index (χ2n) is 15.2. The largest absolute Gasteiger partial charge is 0.334 e. The molecule has 0 bridgehead atoms. The summed E-state index contributed by atoms with van der Waals surface area (Å²) in [5.74, 6) is 0. The summed E-state index contributed by atoms with van der Waals surface area (Å²) in [5, 5.41) is 1.22. The molecule has 2 nitrogen and oxygen atoms in total. The Kier molecular flexibility index (Phi) is 10.3. The zero-order chi connectivity index (χ0) is 39.4. The van der Waals surface area contributed by atoms with Gasteiger partial charge >= 0.3 is 0 Å². The number of fused-ring (bicyclic) bond motifs is 1. The zero-order valence-electron chi connectivity index (χ0n) is 33.4. The number of anilines is 2. The van der Waals surface area contributed by atoms with E-state index in [9.17, 15) is 0 Å². The van der Waals surface area contributed by atoms with Gasteiger partial charge in [0.2, 0.25) is 0 Å². The normalized spacial score (nSPS) is 15.1. The molecule has 1 atom stereocenters. The molecular weight excluding hydrogens is 701 g/mol. The van der Waals surface area contributed by atoms with Crippen molar-refractivity contribution in [3.63, 3.8) is 0 Å². The topological polar surface area (TPSA) is 8.17 Å². The Labute approximate surface area is 343 Å². The summed E-state index contributed by atoms with van der Waals surface area (Å²) < 4.78 is 2.35. The molecule has 0 radical (unpaired) electrons. The summed E-state index contributed by atoms with van der Waals surface area (Å²) in [4.78, 5) is 2.49. The molecule has 7 aromatic rings. The molecule has 0 N–H and O–H groups in total. The SMILES string of the molecule is C=Cc1c(/C=C\C)c2cc(C3=CCC(N(c4ccc(-c5ccccc5)cc4)c4ccccc4C)C=C3)ccc2n1-c1ccc(-c2cccc(C3=CCCC=C3)c2)cc1. The van der Waals surface area contributed by atoms with Gasteiger partial charge in [-0.2, -0.15) is 0 Å². The van der Waals surface area contributed by atoms with Gasteiger partial charge in [-0.25, -0.2) is 0 Å². The van der Waals surface area contributed by atoms with Crippen molar-refractivity contribution in [2.75, 3.05) is 4.90 Å². The molecule has 0 fully saturated rings. The van der Waals surface area contributed by atoms with Crippen LogP contribution < -0.4 is 4.90 Å². The molecule has 6 aromatic carbocycles. The maximum atomic E-state index is 4.30. The molecule has 0 aliphatic heterocycles. The molecule has 282 valence electrons. The van der Waals surface area contributed by atoms with E-state index in [1.807, 2.05) is 6.08 Å². The average molecular weight is 749 g/mol. The van der Waals surface area contributed by atoms with Gasteiger partial charge in [0.15, 0.2) is 0 Å². The fourth-order valence-corrected chi connectivity index (χ4v) is 8.65. The zero-order valence-corrected chi connectivity index (χ0v) is 33.4. The van der Waals surface area contributed by atoms with Crippen LogP contribution in [0.1, 0.15) is 54.1 Å². The number of nitrogens with zero attached hydrogens (tertiary/aromatic N) is 2. The van der Waals surface area contributed by atoms with Gasteiger partial charge < -0.3 is 9.47 Å². The lowest BCUT2D eigenvalue weighted by Crippen LogP contribution is -2.30. The van der Waals surface area contributed by atoms with Crippen molar-refractivity contribution >= 4 is 45.6 Å². The van der Waals surface area contributed by atoms with E-state index in [-0.39, 0.29) is 6.04 Å². The number of para-hydroxylation sites is 1. The summed E-state index contributed by atoms with van der Waals surface area (Å²) >= 11 is 0. The van der Waals surface area contributed by atoms with Crippen molar-refractivity contribution in [3.05, 3.63) is 223 Å². The van der Waals surface area contributed by atoms with Gasteiger partial charge in [-0.1, -0.05) is 152 Å². The van der Waals surface area contributed by atoms with Crippen molar-refractivity contribution in [2.24, 2.45) is 0 Å². The summed E-state index contributed by atoms with van der Waals surface area (Å²) in [6.07, 6.45) is 23.4. The van der Waals surface area contributed by atoms with E-state index in [0.717, 1.165) is 30.6 Å². The first kappa shape index (κ1) is 36.7. The maximum absolute atomic E-state index is 4.30. The highest BCUT2D eigenvalue weighted by Gasteiger charge is 2.23. The predicted octanol–water partition coefficient (Wildman–Crippen LogP) is 15.2. The lowest BCUT2D eigenvalue weighted by atomic mass is 9.94. The Morgan fingerprint density at radius 2 is 1.31 bits per heavy atom. The molecule has 0 saturated heterocycles. The summed E-state index contributed by atoms with van der Waals surface area (Å²) in [6, 6.07) is 53.3. The Balaban J connectivity index is 1.02. The van der Waals surface area contributed by atoms with E-state index >= 15 is 0 Å². The maximum Gasteiger partial charge on any atom is 0.0560 e. The van der Waals surface area contributed by atoms with Crippen LogP contribution in [0.4, 0.5) is 11.4 Å². The molecule has 1 heterocycles. The molecular formula is C56H48N2. The Morgan fingerprint density at radius 1 is 0.638 bits per heavy atom. The molecule has 1 aromatic heterocycles. The lowest BCUT2D eigenvalue weighted by Gasteiger charge is -2.34. The number of allylic oxidation sites excluding steroid dienone is 7. The minimum atomic E-state index is 0.176. The standard InChI is InChI=1S/C56H48N2/c1-4-15-52-53-39-48(30-37-56(53)58(54(52)5-2)51-35-28-44(29-36-51)47-22-14-21-46(38-47)42-19-10-7-11-20-42)45-26-33-50(34-27-45)57(55-23-13-12-16-40(55)3)49-31-24-43(25-32-49)41-17-8-6-9-18-41/h4-6,8-10,12-33,35-39,50H,2,7,11,34H2,1,3H3/b15-4-. The van der Waals surface area contributed by atoms with E-state index in [4.69, 9.17) is 0 Å². The molecule has 2 aliphatic rings. The predicted molar refractivity (Wildman–Crippen MR) is 251 cm³/mol. The van der Waals surface area contributed by atoms with E-state index < -0.39 is 0 Å². The van der Waals surface area contributed by atoms with E-state index in [1.54, 1.807) is 0 Å². The third-order valence-corrected chi connectivity index (χ3v) is 11.6. The first-order chi connectivity index (χ1) is 28.6. The number of aryl methyl sites for hydroxylation is 1. The van der Waals surface area contributed by atoms with Crippen LogP contribution in [0.25, 0.3) is 62.1 Å². The summed E-state index contributed by atoms with van der Waals surface area (Å²) in [6.45, 7) is 8.59. The van der Waals surface area contributed by atoms with Crippen molar-refractivity contribution in [2.45, 2.75) is 39.2 Å². The molecule has 2 heteroatoms. The van der Waals surface area contributed by atoms with E-state index in [2.05, 4.69) is 224 Å². The minimum Gasteiger partial charge on any atom is -0.334 e. The van der Waals surface area contributed by atoms with Crippen molar-refractivity contribution in [1.29, 1.82) is 0 Å². The Hall–Kier alpha value is -6.90. The quantitative estimate of drug-likeness (QED) is 0.135. The van der Waals surface area contributed by atoms with Crippen LogP contribution in [0.3, 0.4) is 0 Å². The Morgan fingerprint density at radius 3 is 2.03 bits per heavy atom. The molecule has 0 saturated carbocycles. The minimum absolute atomic E-state index is 0.176. The van der Waals surface area contributed by atoms with Crippen LogP contribution in [0.5, 0.6) is 0 Å². The second kappa shape index (κ2) is 16.3. The number of hydrogen-bond donors (Lipinski definition) is 0. The highest BCUT2D eigenvalue weighted by molar-refractivity contribution is 5.98. The molecule has 9 rings (SSSR count). The number of aromatic nitrogens is 1. The van der Waals surface area contributed by atoms with Crippen LogP contribution in [-0.4, -0.2) is 10.6 Å². The fraction of sp³-hybridized carbons (Fsp3) is 0.107. The first-order valence-electron chi connectivity index (χ1n) is 20.5. The number of hydrogen-bond acceptors (Lipinski definition) is 1. The molecule has 0 spiro atoms. The monoisotopic (exact) mass is 748 g/mol. The van der Waals surface area contributed by atoms with Gasteiger partial charge in [0, 0.05) is 28.0 Å². The third kappa shape index (κ3) is 7.14. The van der Waals surface area contributed by atoms with Crippen molar-refractivity contribution in [3.8, 4) is 27.9 Å². The average Bonchev–Trinajstić information content (AvgIpc) is 3.60. The van der Waals surface area contributed by atoms with E-state index in [1.165, 1.54) is 77.9 Å². The van der Waals surface area contributed by atoms with Crippen LogP contribution >= 0.6 is 0 Å². The van der Waals surface area contributed by atoms with Crippen molar-refractivity contribution in [1.82, 2.24) is 4.57 Å². The molecule has 1 unspecified atom stereocenters. The first-order valence-corrected chi connectivity index (χ1v) is 20.5. The van der Waals surface area contributed by atoms with Crippen LogP contribution in [-0.2, 0) is 0 Å². The van der Waals surface area contributed by atoms with Gasteiger partial charge in [-0.05, 0) is 138 Å². The third-order valence-electron chi connectivity index (χ3n) is 11.6. The molecule has 0 amide bonds. The van der Waals surface area contributed by atoms with Crippen LogP contribution in [0.2, 0.25) is 0 Å². The van der Waals surface area contributed by atoms with Gasteiger partial charge in [-0.3, -0.25) is 0 Å². The number of rotatable bonds is 10. The van der Waals surface area contributed by atoms with Crippen molar-refractivity contribution < 1.29 is 0 Å². The summed E-state index contributed by atoms with van der Waals surface area (Å²) in [7, 11) is 0. The van der Waals surface area contributed by atoms with Crippen LogP contribution in [0.15, 0.2) is 195 Å². The smallest absolute Gasteiger partial charge is 0.0560 e. The van der Waals surface area contributed by atoms with Gasteiger partial charge in [0.1, 0.15) is 0 Å². The molecule has 58 heavy (non-hydrogen) atoms. The number of benzene rings is 6.